The van der Waals surface area contributed by atoms with Gasteiger partial charge < -0.3 is 5.32 Å². The van der Waals surface area contributed by atoms with Gasteiger partial charge in [0.15, 0.2) is 11.4 Å². The molecule has 0 aliphatic rings. The van der Waals surface area contributed by atoms with E-state index in [9.17, 15) is 4.79 Å². The number of amides is 1. The number of rotatable bonds is 2. The molecule has 0 saturated heterocycles. The molecule has 0 heterocycles. The smallest absolute Gasteiger partial charge is 0.244 e. The van der Waals surface area contributed by atoms with Crippen LogP contribution in [-0.4, -0.2) is 30.4 Å². The Morgan fingerprint density at radius 2 is 2.31 bits per heavy atom. The molecule has 0 radical (unpaired) electrons. The number of hydrogen-bond donors (Lipinski definition) is 2. The lowest BCUT2D eigenvalue weighted by Gasteiger charge is -2.06. The van der Waals surface area contributed by atoms with Crippen LogP contribution in [0.4, 0.5) is 0 Å². The number of aliphatic imine (C=N–C) groups is 1. The van der Waals surface area contributed by atoms with Crippen LogP contribution in [0.1, 0.15) is 6.92 Å². The van der Waals surface area contributed by atoms with E-state index in [1.54, 1.807) is 26.4 Å². The third kappa shape index (κ3) is 4.38. The molecule has 13 heavy (non-hydrogen) atoms. The van der Waals surface area contributed by atoms with Crippen molar-refractivity contribution in [1.82, 2.24) is 10.6 Å². The first-order valence-corrected chi connectivity index (χ1v) is 4.86. The summed E-state index contributed by atoms with van der Waals surface area (Å²) in [6.45, 7) is 1.66. The minimum Gasteiger partial charge on any atom is -0.357 e. The molecular weight excluding hydrogens is 188 g/mol. The SMILES string of the molecule is CNC(=O)C(C)N=C(NC#N)SC. The number of carbonyl (C=O) groups is 1. The van der Waals surface area contributed by atoms with Crippen LogP contribution in [0.5, 0.6) is 0 Å². The van der Waals surface area contributed by atoms with Gasteiger partial charge in [0.1, 0.15) is 6.04 Å². The predicted molar refractivity (Wildman–Crippen MR) is 53.2 cm³/mol. The summed E-state index contributed by atoms with van der Waals surface area (Å²) >= 11 is 1.29. The molecule has 2 N–H and O–H groups in total. The Hall–Kier alpha value is -1.22. The van der Waals surface area contributed by atoms with Crippen molar-refractivity contribution in [1.29, 1.82) is 5.26 Å². The average molecular weight is 200 g/mol. The highest BCUT2D eigenvalue weighted by Gasteiger charge is 2.09. The molecule has 0 fully saturated rings. The van der Waals surface area contributed by atoms with Gasteiger partial charge in [-0.15, -0.1) is 0 Å². The van der Waals surface area contributed by atoms with Gasteiger partial charge in [-0.25, -0.2) is 4.99 Å². The molecular formula is C7H12N4OS. The minimum atomic E-state index is -0.478. The van der Waals surface area contributed by atoms with E-state index in [0.717, 1.165) is 0 Å². The van der Waals surface area contributed by atoms with Crippen molar-refractivity contribution < 1.29 is 4.79 Å². The number of thioether (sulfide) groups is 1. The third-order valence-corrected chi connectivity index (χ3v) is 1.89. The maximum atomic E-state index is 11.0. The van der Waals surface area contributed by atoms with Gasteiger partial charge in [0.25, 0.3) is 0 Å². The summed E-state index contributed by atoms with van der Waals surface area (Å²) < 4.78 is 0. The molecule has 72 valence electrons. The Bertz CT molecular complexity index is 245. The highest BCUT2D eigenvalue weighted by Crippen LogP contribution is 1.98. The van der Waals surface area contributed by atoms with Crippen molar-refractivity contribution in [2.24, 2.45) is 4.99 Å². The molecule has 0 aliphatic carbocycles. The number of nitrogens with zero attached hydrogens (tertiary/aromatic N) is 2. The molecule has 1 unspecified atom stereocenters. The van der Waals surface area contributed by atoms with Crippen LogP contribution in [-0.2, 0) is 4.79 Å². The van der Waals surface area contributed by atoms with Gasteiger partial charge in [-0.3, -0.25) is 10.1 Å². The fraction of sp³-hybridized carbons (Fsp3) is 0.571. The molecule has 0 aromatic rings. The van der Waals surface area contributed by atoms with Crippen LogP contribution in [0, 0.1) is 11.5 Å². The Labute approximate surface area is 81.6 Å². The van der Waals surface area contributed by atoms with Crippen LogP contribution >= 0.6 is 11.8 Å². The zero-order chi connectivity index (χ0) is 10.3. The highest BCUT2D eigenvalue weighted by molar-refractivity contribution is 8.13. The van der Waals surface area contributed by atoms with E-state index >= 15 is 0 Å². The van der Waals surface area contributed by atoms with E-state index in [-0.39, 0.29) is 5.91 Å². The zero-order valence-electron chi connectivity index (χ0n) is 7.79. The van der Waals surface area contributed by atoms with E-state index < -0.39 is 6.04 Å². The molecule has 1 amide bonds. The maximum absolute atomic E-state index is 11.0. The van der Waals surface area contributed by atoms with Crippen LogP contribution < -0.4 is 10.6 Å². The Kier molecular flexibility index (Phi) is 5.72. The Morgan fingerprint density at radius 3 is 2.69 bits per heavy atom. The monoisotopic (exact) mass is 200 g/mol. The topological polar surface area (TPSA) is 77.3 Å². The minimum absolute atomic E-state index is 0.175. The fourth-order valence-electron chi connectivity index (χ4n) is 0.627. The van der Waals surface area contributed by atoms with Crippen LogP contribution in [0.2, 0.25) is 0 Å². The van der Waals surface area contributed by atoms with E-state index in [4.69, 9.17) is 5.26 Å². The summed E-state index contributed by atoms with van der Waals surface area (Å²) in [6.07, 6.45) is 3.53. The van der Waals surface area contributed by atoms with Crippen LogP contribution in [0.25, 0.3) is 0 Å². The number of likely N-dealkylation sites (N-methyl/N-ethyl adjacent to an activating group) is 1. The normalized spacial score (nSPS) is 12.9. The summed E-state index contributed by atoms with van der Waals surface area (Å²) in [7, 11) is 1.55. The molecule has 0 spiro atoms. The largest absolute Gasteiger partial charge is 0.357 e. The summed E-state index contributed by atoms with van der Waals surface area (Å²) in [5.41, 5.74) is 0. The molecule has 1 atom stereocenters. The predicted octanol–water partition coefficient (Wildman–Crippen LogP) is -0.0894. The lowest BCUT2D eigenvalue weighted by atomic mass is 10.3. The molecule has 0 aromatic carbocycles. The number of nitriles is 1. The summed E-state index contributed by atoms with van der Waals surface area (Å²) in [5, 5.41) is 13.6. The number of amidine groups is 1. The quantitative estimate of drug-likeness (QED) is 0.283. The average Bonchev–Trinajstić information content (AvgIpc) is 2.15. The number of carbonyl (C=O) groups excluding carboxylic acids is 1. The van der Waals surface area contributed by atoms with Crippen LogP contribution in [0.15, 0.2) is 4.99 Å². The lowest BCUT2D eigenvalue weighted by Crippen LogP contribution is -2.30. The van der Waals surface area contributed by atoms with Gasteiger partial charge in [0, 0.05) is 7.05 Å². The van der Waals surface area contributed by atoms with Crippen molar-refractivity contribution in [2.75, 3.05) is 13.3 Å². The first kappa shape index (κ1) is 11.8. The molecule has 0 aromatic heterocycles. The molecule has 5 nitrogen and oxygen atoms in total. The summed E-state index contributed by atoms with van der Waals surface area (Å²) in [6, 6.07) is -0.478. The first-order valence-electron chi connectivity index (χ1n) is 3.64. The van der Waals surface area contributed by atoms with Crippen molar-refractivity contribution in [3.05, 3.63) is 0 Å². The molecule has 6 heteroatoms. The van der Waals surface area contributed by atoms with Crippen molar-refractivity contribution >= 4 is 22.8 Å². The van der Waals surface area contributed by atoms with Gasteiger partial charge in [-0.1, -0.05) is 11.8 Å². The molecule has 0 saturated carbocycles. The molecule has 0 rings (SSSR count). The highest BCUT2D eigenvalue weighted by atomic mass is 32.2. The fourth-order valence-corrected chi connectivity index (χ4v) is 1.04. The second kappa shape index (κ2) is 6.31. The third-order valence-electron chi connectivity index (χ3n) is 1.29. The lowest BCUT2D eigenvalue weighted by molar-refractivity contribution is -0.121. The van der Waals surface area contributed by atoms with Crippen LogP contribution in [0.3, 0.4) is 0 Å². The molecule has 0 aliphatic heterocycles. The maximum Gasteiger partial charge on any atom is 0.244 e. The van der Waals surface area contributed by atoms with Crippen molar-refractivity contribution in [3.8, 4) is 6.19 Å². The van der Waals surface area contributed by atoms with Gasteiger partial charge >= 0.3 is 0 Å². The number of nitrogens with one attached hydrogen (secondary N) is 2. The standard InChI is InChI=1S/C7H12N4OS/c1-5(6(12)9-2)11-7(13-3)10-4-8/h5H,1-3H3,(H,9,12)(H,10,11). The zero-order valence-corrected chi connectivity index (χ0v) is 8.60. The van der Waals surface area contributed by atoms with E-state index in [0.29, 0.717) is 5.17 Å². The first-order chi connectivity index (χ1) is 6.15. The van der Waals surface area contributed by atoms with Gasteiger partial charge in [0.2, 0.25) is 5.91 Å². The van der Waals surface area contributed by atoms with Gasteiger partial charge in [-0.2, -0.15) is 5.26 Å². The summed E-state index contributed by atoms with van der Waals surface area (Å²) in [5.74, 6) is -0.175. The molecule has 0 bridgehead atoms. The van der Waals surface area contributed by atoms with Crippen molar-refractivity contribution in [3.63, 3.8) is 0 Å². The van der Waals surface area contributed by atoms with E-state index in [1.807, 2.05) is 0 Å². The van der Waals surface area contributed by atoms with E-state index in [1.165, 1.54) is 11.8 Å². The second-order valence-corrected chi connectivity index (χ2v) is 2.96. The van der Waals surface area contributed by atoms with Crippen molar-refractivity contribution in [2.45, 2.75) is 13.0 Å². The van der Waals surface area contributed by atoms with Gasteiger partial charge in [-0.05, 0) is 13.2 Å². The second-order valence-electron chi connectivity index (χ2n) is 2.17. The Morgan fingerprint density at radius 1 is 1.69 bits per heavy atom. The van der Waals surface area contributed by atoms with Gasteiger partial charge in [0.05, 0.1) is 0 Å². The number of hydrogen-bond acceptors (Lipinski definition) is 4. The Balaban J connectivity index is 4.33. The van der Waals surface area contributed by atoms with E-state index in [2.05, 4.69) is 15.6 Å². The summed E-state index contributed by atoms with van der Waals surface area (Å²) in [4.78, 5) is 15.0.